The minimum Gasteiger partial charge on any atom is -0.475 e. The fraction of sp³-hybridized carbons (Fsp3) is 0.412. The Hall–Kier alpha value is -2.20. The lowest BCUT2D eigenvalue weighted by molar-refractivity contribution is -0.187. The number of ether oxygens (including phenoxy) is 2. The van der Waals surface area contributed by atoms with Crippen molar-refractivity contribution in [2.45, 2.75) is 38.5 Å². The molecule has 0 saturated heterocycles. The van der Waals surface area contributed by atoms with Gasteiger partial charge in [0, 0.05) is 10.6 Å². The summed E-state index contributed by atoms with van der Waals surface area (Å²) in [7, 11) is 0. The Balaban J connectivity index is 2.61. The third-order valence-electron chi connectivity index (χ3n) is 3.70. The number of fused-ring (bicyclic) bond motifs is 1. The lowest BCUT2D eigenvalue weighted by Gasteiger charge is -2.29. The number of esters is 1. The van der Waals surface area contributed by atoms with Crippen molar-refractivity contribution in [3.05, 3.63) is 33.9 Å². The first-order valence-corrected chi connectivity index (χ1v) is 7.76. The second kappa shape index (κ2) is 6.60. The topological polar surface area (TPSA) is 59.3 Å². The van der Waals surface area contributed by atoms with Crippen molar-refractivity contribution in [1.82, 2.24) is 0 Å². The van der Waals surface area contributed by atoms with Crippen LogP contribution in [0.25, 0.3) is 6.08 Å². The van der Waals surface area contributed by atoms with Crippen LogP contribution in [0.15, 0.2) is 17.7 Å². The van der Waals surface area contributed by atoms with Crippen LogP contribution in [0.2, 0.25) is 5.02 Å². The molecule has 0 radical (unpaired) electrons. The molecule has 0 spiro atoms. The summed E-state index contributed by atoms with van der Waals surface area (Å²) >= 11 is 6.16. The Morgan fingerprint density at radius 1 is 1.40 bits per heavy atom. The van der Waals surface area contributed by atoms with E-state index >= 15 is 0 Å². The van der Waals surface area contributed by atoms with Crippen molar-refractivity contribution in [2.24, 2.45) is 0 Å². The Morgan fingerprint density at radius 2 is 2.04 bits per heavy atom. The average molecular weight is 374 g/mol. The minimum atomic E-state index is -4.80. The van der Waals surface area contributed by atoms with Gasteiger partial charge in [-0.2, -0.15) is 18.4 Å². The van der Waals surface area contributed by atoms with E-state index in [2.05, 4.69) is 4.74 Å². The monoisotopic (exact) mass is 373 g/mol. The van der Waals surface area contributed by atoms with E-state index in [1.807, 2.05) is 6.07 Å². The molecule has 2 rings (SSSR count). The predicted octanol–water partition coefficient (Wildman–Crippen LogP) is 4.41. The fourth-order valence-electron chi connectivity index (χ4n) is 2.38. The van der Waals surface area contributed by atoms with Gasteiger partial charge < -0.3 is 9.47 Å². The Labute approximate surface area is 147 Å². The zero-order valence-electron chi connectivity index (χ0n) is 13.7. The van der Waals surface area contributed by atoms with E-state index in [1.165, 1.54) is 19.1 Å². The Bertz CT molecular complexity index is 779. The molecule has 0 fully saturated rings. The standard InChI is InChI=1S/C17H15ClF3NO3/c1-4-24-15(23)10-5-9-6-12(18)11(16(2,3)8-22)7-13(9)25-14(10)17(19,20)21/h5-7,14H,4H2,1-3H3. The van der Waals surface area contributed by atoms with Gasteiger partial charge in [-0.25, -0.2) is 4.79 Å². The fourth-order valence-corrected chi connectivity index (χ4v) is 2.79. The third-order valence-corrected chi connectivity index (χ3v) is 4.01. The number of nitriles is 1. The van der Waals surface area contributed by atoms with Crippen LogP contribution < -0.4 is 4.74 Å². The van der Waals surface area contributed by atoms with Crippen LogP contribution in [0, 0.1) is 11.3 Å². The van der Waals surface area contributed by atoms with Crippen molar-refractivity contribution in [3.63, 3.8) is 0 Å². The second-order valence-electron chi connectivity index (χ2n) is 5.97. The number of nitrogens with zero attached hydrogens (tertiary/aromatic N) is 1. The molecule has 0 aliphatic carbocycles. The van der Waals surface area contributed by atoms with Crippen LogP contribution in [0.4, 0.5) is 13.2 Å². The van der Waals surface area contributed by atoms with Crippen LogP contribution in [0.3, 0.4) is 0 Å². The van der Waals surface area contributed by atoms with E-state index in [4.69, 9.17) is 16.3 Å². The van der Waals surface area contributed by atoms with E-state index < -0.39 is 29.2 Å². The van der Waals surface area contributed by atoms with Gasteiger partial charge in [0.25, 0.3) is 0 Å². The van der Waals surface area contributed by atoms with Gasteiger partial charge in [-0.15, -0.1) is 0 Å². The highest BCUT2D eigenvalue weighted by Gasteiger charge is 2.49. The van der Waals surface area contributed by atoms with Crippen molar-refractivity contribution in [1.29, 1.82) is 5.26 Å². The molecule has 4 nitrogen and oxygen atoms in total. The summed E-state index contributed by atoms with van der Waals surface area (Å²) in [5.74, 6) is -1.20. The van der Waals surface area contributed by atoms with Gasteiger partial charge in [0.15, 0.2) is 0 Å². The molecule has 1 aromatic carbocycles. The highest BCUT2D eigenvalue weighted by molar-refractivity contribution is 6.31. The van der Waals surface area contributed by atoms with Crippen LogP contribution in [-0.2, 0) is 14.9 Å². The average Bonchev–Trinajstić information content (AvgIpc) is 2.52. The zero-order valence-corrected chi connectivity index (χ0v) is 14.5. The summed E-state index contributed by atoms with van der Waals surface area (Å²) in [6, 6.07) is 4.71. The number of hydrogen-bond acceptors (Lipinski definition) is 4. The normalized spacial score (nSPS) is 17.0. The van der Waals surface area contributed by atoms with Crippen molar-refractivity contribution >= 4 is 23.6 Å². The summed E-state index contributed by atoms with van der Waals surface area (Å²) in [5.41, 5.74) is -1.12. The number of benzene rings is 1. The number of halogens is 4. The molecular weight excluding hydrogens is 359 g/mol. The molecular formula is C17H15ClF3NO3. The molecule has 1 aliphatic heterocycles. The van der Waals surface area contributed by atoms with Crippen LogP contribution in [0.5, 0.6) is 5.75 Å². The Kier molecular flexibility index (Phi) is 5.05. The molecule has 1 heterocycles. The highest BCUT2D eigenvalue weighted by atomic mass is 35.5. The maximum Gasteiger partial charge on any atom is 0.430 e. The summed E-state index contributed by atoms with van der Waals surface area (Å²) in [6.45, 7) is 4.60. The first-order chi connectivity index (χ1) is 11.5. The van der Waals surface area contributed by atoms with Gasteiger partial charge in [0.2, 0.25) is 6.10 Å². The third kappa shape index (κ3) is 3.74. The SMILES string of the molecule is CCOC(=O)C1=Cc2cc(Cl)c(C(C)(C)C#N)cc2OC1C(F)(F)F. The molecule has 0 amide bonds. The minimum absolute atomic E-state index is 0.0658. The molecule has 8 heteroatoms. The molecule has 1 aliphatic rings. The second-order valence-corrected chi connectivity index (χ2v) is 6.37. The number of alkyl halides is 3. The van der Waals surface area contributed by atoms with Crippen molar-refractivity contribution < 1.29 is 27.4 Å². The van der Waals surface area contributed by atoms with Gasteiger partial charge in [-0.3, -0.25) is 0 Å². The molecule has 0 aromatic heterocycles. The number of rotatable bonds is 3. The smallest absolute Gasteiger partial charge is 0.430 e. The quantitative estimate of drug-likeness (QED) is 0.736. The van der Waals surface area contributed by atoms with Crippen LogP contribution >= 0.6 is 11.6 Å². The summed E-state index contributed by atoms with van der Waals surface area (Å²) < 4.78 is 49.7. The summed E-state index contributed by atoms with van der Waals surface area (Å²) in [4.78, 5) is 11.9. The lowest BCUT2D eigenvalue weighted by Crippen LogP contribution is -2.40. The predicted molar refractivity (Wildman–Crippen MR) is 85.2 cm³/mol. The van der Waals surface area contributed by atoms with Crippen molar-refractivity contribution in [2.75, 3.05) is 6.61 Å². The molecule has 0 saturated carbocycles. The first kappa shape index (κ1) is 19.1. The van der Waals surface area contributed by atoms with Gasteiger partial charge in [-0.1, -0.05) is 11.6 Å². The summed E-state index contributed by atoms with van der Waals surface area (Å²) in [6.07, 6.45) is -6.19. The largest absolute Gasteiger partial charge is 0.475 e. The molecule has 0 N–H and O–H groups in total. The lowest BCUT2D eigenvalue weighted by atomic mass is 9.85. The molecule has 1 unspecified atom stereocenters. The van der Waals surface area contributed by atoms with E-state index in [-0.39, 0.29) is 22.9 Å². The molecule has 1 aromatic rings. The van der Waals surface area contributed by atoms with E-state index in [9.17, 15) is 23.2 Å². The van der Waals surface area contributed by atoms with Crippen molar-refractivity contribution in [3.8, 4) is 11.8 Å². The maximum atomic E-state index is 13.3. The Morgan fingerprint density at radius 3 is 2.56 bits per heavy atom. The van der Waals surface area contributed by atoms with Crippen LogP contribution in [0.1, 0.15) is 31.9 Å². The first-order valence-electron chi connectivity index (χ1n) is 7.38. The number of hydrogen-bond donors (Lipinski definition) is 0. The maximum absolute atomic E-state index is 13.3. The molecule has 1 atom stereocenters. The number of carbonyl (C=O) groups is 1. The van der Waals surface area contributed by atoms with Crippen LogP contribution in [-0.4, -0.2) is 24.9 Å². The van der Waals surface area contributed by atoms with Gasteiger partial charge in [0.1, 0.15) is 5.75 Å². The summed E-state index contributed by atoms with van der Waals surface area (Å²) in [5, 5.41) is 9.42. The van der Waals surface area contributed by atoms with Gasteiger partial charge in [-0.05, 0) is 44.5 Å². The van der Waals surface area contributed by atoms with E-state index in [0.717, 1.165) is 6.08 Å². The van der Waals surface area contributed by atoms with Gasteiger partial charge >= 0.3 is 12.1 Å². The zero-order chi connectivity index (χ0) is 19.0. The number of carbonyl (C=O) groups excluding carboxylic acids is 1. The molecule has 0 bridgehead atoms. The van der Waals surface area contributed by atoms with Gasteiger partial charge in [0.05, 0.1) is 23.7 Å². The molecule has 25 heavy (non-hydrogen) atoms. The van der Waals surface area contributed by atoms with E-state index in [1.54, 1.807) is 13.8 Å². The van der Waals surface area contributed by atoms with E-state index in [0.29, 0.717) is 5.56 Å². The highest BCUT2D eigenvalue weighted by Crippen LogP contribution is 2.42. The molecule has 134 valence electrons.